The van der Waals surface area contributed by atoms with Crippen LogP contribution in [-0.4, -0.2) is 6.85 Å². The van der Waals surface area contributed by atoms with Crippen LogP contribution in [0, 0.1) is 0 Å². The first-order chi connectivity index (χ1) is 31.5. The molecule has 0 amide bonds. The van der Waals surface area contributed by atoms with E-state index in [9.17, 15) is 0 Å². The second-order valence-corrected chi connectivity index (χ2v) is 22.8. The summed E-state index contributed by atoms with van der Waals surface area (Å²) in [6.07, 6.45) is 2.29. The van der Waals surface area contributed by atoms with Crippen LogP contribution in [0.15, 0.2) is 141 Å². The van der Waals surface area contributed by atoms with Gasteiger partial charge in [-0.05, 0) is 123 Å². The molecule has 5 heterocycles. The Kier molecular flexibility index (Phi) is 7.84. The fraction of sp³-hybridized carbons (Fsp3) is 0.267. The Morgan fingerprint density at radius 3 is 1.83 bits per heavy atom. The predicted octanol–water partition coefficient (Wildman–Crippen LogP) is 15.9. The quantitative estimate of drug-likeness (QED) is 0.162. The molecular weight excluding hydrogens is 807 g/mol. The molecule has 7 aromatic carbocycles. The SMILES string of the molecule is CC(C)(C)c1ccc(N2B3c4oc5ccc(C(C)(C)C)cc5c4N(c4ccc5c(c4)C(C)(C)CCC5(C)C)c4cc5c(oc6ccccc65)c(c43)-c3cc4c(cc32)oc2ccccc24)cc1. The second-order valence-electron chi connectivity index (χ2n) is 22.8. The van der Waals surface area contributed by atoms with Gasteiger partial charge in [0.25, 0.3) is 0 Å². The number of fused-ring (bicyclic) bond motifs is 14. The first kappa shape index (κ1) is 39.7. The van der Waals surface area contributed by atoms with Crippen LogP contribution in [0.4, 0.5) is 28.4 Å². The zero-order chi connectivity index (χ0) is 45.4. The van der Waals surface area contributed by atoms with Crippen molar-refractivity contribution in [1.29, 1.82) is 0 Å². The normalized spacial score (nSPS) is 16.4. The van der Waals surface area contributed by atoms with Crippen molar-refractivity contribution in [2.75, 3.05) is 9.71 Å². The van der Waals surface area contributed by atoms with Gasteiger partial charge in [0, 0.05) is 66.9 Å². The summed E-state index contributed by atoms with van der Waals surface area (Å²) in [6.45, 7) is 23.1. The van der Waals surface area contributed by atoms with Gasteiger partial charge in [0.05, 0.1) is 5.69 Å². The topological polar surface area (TPSA) is 45.9 Å². The molecule has 0 saturated carbocycles. The highest BCUT2D eigenvalue weighted by Crippen LogP contribution is 2.55. The summed E-state index contributed by atoms with van der Waals surface area (Å²) in [5.41, 5.74) is 19.6. The van der Waals surface area contributed by atoms with E-state index < -0.39 is 0 Å². The van der Waals surface area contributed by atoms with Crippen molar-refractivity contribution in [3.63, 3.8) is 0 Å². The van der Waals surface area contributed by atoms with E-state index in [0.29, 0.717) is 0 Å². The molecule has 5 nitrogen and oxygen atoms in total. The van der Waals surface area contributed by atoms with Crippen LogP contribution in [-0.2, 0) is 21.7 Å². The molecule has 66 heavy (non-hydrogen) atoms. The summed E-state index contributed by atoms with van der Waals surface area (Å²) in [5.74, 6) is 0. The molecule has 0 N–H and O–H groups in total. The predicted molar refractivity (Wildman–Crippen MR) is 277 cm³/mol. The Morgan fingerprint density at radius 1 is 0.500 bits per heavy atom. The highest BCUT2D eigenvalue weighted by Gasteiger charge is 2.50. The minimum atomic E-state index is -0.354. The Balaban J connectivity index is 1.21. The van der Waals surface area contributed by atoms with E-state index in [1.165, 1.54) is 27.7 Å². The van der Waals surface area contributed by atoms with Gasteiger partial charge in [0.2, 0.25) is 0 Å². The van der Waals surface area contributed by atoms with Crippen LogP contribution in [0.2, 0.25) is 0 Å². The zero-order valence-corrected chi connectivity index (χ0v) is 39.7. The maximum Gasteiger partial charge on any atom is 0.376 e. The zero-order valence-electron chi connectivity index (χ0n) is 39.7. The highest BCUT2D eigenvalue weighted by molar-refractivity contribution is 6.93. The molecule has 3 aromatic heterocycles. The van der Waals surface area contributed by atoms with E-state index in [1.807, 2.05) is 0 Å². The van der Waals surface area contributed by atoms with E-state index in [1.54, 1.807) is 0 Å². The van der Waals surface area contributed by atoms with Gasteiger partial charge in [0.15, 0.2) is 0 Å². The molecule has 326 valence electrons. The van der Waals surface area contributed by atoms with Crippen LogP contribution >= 0.6 is 0 Å². The number of benzene rings is 7. The van der Waals surface area contributed by atoms with Crippen molar-refractivity contribution >= 4 is 101 Å². The molecule has 0 radical (unpaired) electrons. The average Bonchev–Trinajstić information content (AvgIpc) is 3.97. The van der Waals surface area contributed by atoms with Gasteiger partial charge in [-0.2, -0.15) is 0 Å². The van der Waals surface area contributed by atoms with Crippen molar-refractivity contribution in [2.45, 2.75) is 104 Å². The number of nitrogens with zero attached hydrogens (tertiary/aromatic N) is 2. The molecule has 10 aromatic rings. The molecule has 0 atom stereocenters. The van der Waals surface area contributed by atoms with Crippen molar-refractivity contribution in [3.8, 4) is 11.1 Å². The van der Waals surface area contributed by atoms with Gasteiger partial charge < -0.3 is 23.0 Å². The van der Waals surface area contributed by atoms with Crippen LogP contribution in [0.5, 0.6) is 0 Å². The van der Waals surface area contributed by atoms with E-state index >= 15 is 0 Å². The van der Waals surface area contributed by atoms with Gasteiger partial charge in [-0.25, -0.2) is 0 Å². The van der Waals surface area contributed by atoms with Gasteiger partial charge >= 0.3 is 6.85 Å². The lowest BCUT2D eigenvalue weighted by molar-refractivity contribution is 0.332. The van der Waals surface area contributed by atoms with E-state index in [0.717, 1.165) is 113 Å². The number of hydrogen-bond donors (Lipinski definition) is 0. The average molecular weight is 863 g/mol. The first-order valence-corrected chi connectivity index (χ1v) is 23.8. The van der Waals surface area contributed by atoms with E-state index in [4.69, 9.17) is 13.3 Å². The second kappa shape index (κ2) is 13.0. The lowest BCUT2D eigenvalue weighted by Gasteiger charge is -2.45. The Labute approximate surface area is 387 Å². The van der Waals surface area contributed by atoms with Gasteiger partial charge in [-0.3, -0.25) is 0 Å². The van der Waals surface area contributed by atoms with Gasteiger partial charge in [-0.1, -0.05) is 130 Å². The number of anilines is 5. The molecule has 0 bridgehead atoms. The molecule has 6 heteroatoms. The largest absolute Gasteiger partial charge is 0.466 e. The third-order valence-electron chi connectivity index (χ3n) is 15.6. The third kappa shape index (κ3) is 5.48. The smallest absolute Gasteiger partial charge is 0.376 e. The Bertz CT molecular complexity index is 3700. The maximum atomic E-state index is 7.46. The lowest BCUT2D eigenvalue weighted by atomic mass is 9.45. The molecule has 0 spiro atoms. The molecule has 0 fully saturated rings. The molecule has 13 rings (SSSR count). The first-order valence-electron chi connectivity index (χ1n) is 23.8. The van der Waals surface area contributed by atoms with E-state index in [-0.39, 0.29) is 28.5 Å². The van der Waals surface area contributed by atoms with Crippen molar-refractivity contribution in [2.24, 2.45) is 0 Å². The molecule has 3 aliphatic rings. The maximum absolute atomic E-state index is 7.46. The van der Waals surface area contributed by atoms with Crippen molar-refractivity contribution in [3.05, 3.63) is 150 Å². The lowest BCUT2D eigenvalue weighted by Crippen LogP contribution is -2.61. The fourth-order valence-electron chi connectivity index (χ4n) is 11.8. The molecular formula is C60H55BN2O3. The molecule has 2 aliphatic heterocycles. The highest BCUT2D eigenvalue weighted by atomic mass is 16.3. The molecule has 1 aliphatic carbocycles. The number of hydrogen-bond acceptors (Lipinski definition) is 5. The summed E-state index contributed by atoms with van der Waals surface area (Å²) < 4.78 is 21.3. The van der Waals surface area contributed by atoms with Crippen LogP contribution in [0.25, 0.3) is 66.0 Å². The van der Waals surface area contributed by atoms with Crippen LogP contribution in [0.1, 0.15) is 104 Å². The summed E-state index contributed by atoms with van der Waals surface area (Å²) in [5, 5.41) is 5.49. The van der Waals surface area contributed by atoms with Crippen molar-refractivity contribution in [1.82, 2.24) is 0 Å². The minimum absolute atomic E-state index is 0.00783. The number of furan rings is 3. The monoisotopic (exact) mass is 862 g/mol. The van der Waals surface area contributed by atoms with Crippen LogP contribution in [0.3, 0.4) is 0 Å². The molecule has 0 saturated heterocycles. The number of para-hydroxylation sites is 2. The summed E-state index contributed by atoms with van der Waals surface area (Å²) in [4.78, 5) is 5.08. The third-order valence-corrected chi connectivity index (χ3v) is 15.6. The Morgan fingerprint density at radius 2 is 1.12 bits per heavy atom. The van der Waals surface area contributed by atoms with Crippen molar-refractivity contribution < 1.29 is 13.3 Å². The summed E-state index contributed by atoms with van der Waals surface area (Å²) >= 11 is 0. The van der Waals surface area contributed by atoms with E-state index in [2.05, 4.69) is 206 Å². The van der Waals surface area contributed by atoms with Crippen LogP contribution < -0.4 is 20.8 Å². The summed E-state index contributed by atoms with van der Waals surface area (Å²) in [6, 6.07) is 47.4. The minimum Gasteiger partial charge on any atom is -0.466 e. The van der Waals surface area contributed by atoms with Gasteiger partial charge in [0.1, 0.15) is 33.6 Å². The fourth-order valence-corrected chi connectivity index (χ4v) is 11.8. The molecule has 0 unspecified atom stereocenters. The standard InChI is InChI=1S/C60H55BN2O3/c1-57(2,3)34-19-22-36(23-20-34)63-46-33-51-40(38-15-11-13-17-48(38)64-51)31-42(46)52-53-47(32-41-39-16-12-14-18-49(39)65-55(41)52)62(37-24-25-44-45(30-37)60(9,10)28-27-59(44,7)8)54-43-29-35(58(4,5)6)21-26-50(43)66-56(54)61(53)63/h11-26,29-33H,27-28H2,1-10H3. The number of rotatable bonds is 2. The summed E-state index contributed by atoms with van der Waals surface area (Å²) in [7, 11) is 0. The Hall–Kier alpha value is -6.66. The van der Waals surface area contributed by atoms with Gasteiger partial charge in [-0.15, -0.1) is 0 Å².